The van der Waals surface area contributed by atoms with E-state index in [2.05, 4.69) is 48.8 Å². The maximum Gasteiger partial charge on any atom is 0.0399 e. The molecular formula is C18H28N2. The van der Waals surface area contributed by atoms with Gasteiger partial charge in [-0.3, -0.25) is 4.90 Å². The van der Waals surface area contributed by atoms with Gasteiger partial charge in [-0.05, 0) is 56.2 Å². The second-order valence-electron chi connectivity index (χ2n) is 6.89. The van der Waals surface area contributed by atoms with Gasteiger partial charge in [-0.2, -0.15) is 0 Å². The van der Waals surface area contributed by atoms with Gasteiger partial charge in [-0.15, -0.1) is 0 Å². The molecule has 0 bridgehead atoms. The maximum atomic E-state index is 2.74. The molecule has 110 valence electrons. The van der Waals surface area contributed by atoms with Crippen LogP contribution >= 0.6 is 0 Å². The molecule has 1 saturated carbocycles. The standard InChI is InChI=1S/C18H28N2/c1-14-5-7-17(12-14)19-8-10-20(11-9-19)18-13-15(2)4-6-16(18)3/h4,6,13-14,17H,5,7-12H2,1-3H3/t14-,17+/m1/s1. The number of benzene rings is 1. The van der Waals surface area contributed by atoms with Crippen LogP contribution in [0.2, 0.25) is 0 Å². The number of rotatable bonds is 2. The summed E-state index contributed by atoms with van der Waals surface area (Å²) >= 11 is 0. The quantitative estimate of drug-likeness (QED) is 0.811. The fourth-order valence-electron chi connectivity index (χ4n) is 3.90. The first-order chi connectivity index (χ1) is 9.63. The lowest BCUT2D eigenvalue weighted by atomic mass is 10.1. The van der Waals surface area contributed by atoms with Crippen molar-refractivity contribution in [3.05, 3.63) is 29.3 Å². The first-order valence-corrected chi connectivity index (χ1v) is 8.20. The lowest BCUT2D eigenvalue weighted by Gasteiger charge is -2.39. The van der Waals surface area contributed by atoms with Crippen molar-refractivity contribution in [1.82, 2.24) is 4.90 Å². The van der Waals surface area contributed by atoms with Crippen molar-refractivity contribution in [2.24, 2.45) is 5.92 Å². The third-order valence-electron chi connectivity index (χ3n) is 5.20. The van der Waals surface area contributed by atoms with E-state index in [1.54, 1.807) is 0 Å². The van der Waals surface area contributed by atoms with Gasteiger partial charge in [0.25, 0.3) is 0 Å². The van der Waals surface area contributed by atoms with Gasteiger partial charge in [0.05, 0.1) is 0 Å². The molecule has 0 spiro atoms. The molecule has 1 aliphatic carbocycles. The number of piperazine rings is 1. The minimum absolute atomic E-state index is 0.866. The van der Waals surface area contributed by atoms with Crippen molar-refractivity contribution in [2.45, 2.75) is 46.1 Å². The summed E-state index contributed by atoms with van der Waals surface area (Å²) in [5, 5.41) is 0. The number of hydrogen-bond acceptors (Lipinski definition) is 2. The Hall–Kier alpha value is -1.02. The molecule has 0 amide bonds. The van der Waals surface area contributed by atoms with Gasteiger partial charge >= 0.3 is 0 Å². The fraction of sp³-hybridized carbons (Fsp3) is 0.667. The Balaban J connectivity index is 1.62. The Morgan fingerprint density at radius 1 is 1.00 bits per heavy atom. The summed E-state index contributed by atoms with van der Waals surface area (Å²) in [7, 11) is 0. The average Bonchev–Trinajstić information content (AvgIpc) is 2.88. The molecule has 1 aromatic rings. The Bertz CT molecular complexity index is 460. The molecule has 0 aromatic heterocycles. The Kier molecular flexibility index (Phi) is 4.02. The zero-order chi connectivity index (χ0) is 14.1. The molecule has 0 unspecified atom stereocenters. The van der Waals surface area contributed by atoms with Gasteiger partial charge in [0.15, 0.2) is 0 Å². The molecule has 3 rings (SSSR count). The van der Waals surface area contributed by atoms with Crippen LogP contribution in [0.1, 0.15) is 37.3 Å². The minimum atomic E-state index is 0.866. The average molecular weight is 272 g/mol. The SMILES string of the molecule is Cc1ccc(C)c(N2CCN([C@H]3CC[C@@H](C)C3)CC2)c1. The van der Waals surface area contributed by atoms with Crippen LogP contribution in [0.3, 0.4) is 0 Å². The number of aryl methyl sites for hydroxylation is 2. The molecule has 1 heterocycles. The monoisotopic (exact) mass is 272 g/mol. The summed E-state index contributed by atoms with van der Waals surface area (Å²) in [6.45, 7) is 11.7. The number of hydrogen-bond donors (Lipinski definition) is 0. The summed E-state index contributed by atoms with van der Waals surface area (Å²) in [6.07, 6.45) is 4.27. The van der Waals surface area contributed by atoms with Gasteiger partial charge in [0, 0.05) is 37.9 Å². The smallest absolute Gasteiger partial charge is 0.0399 e. The van der Waals surface area contributed by atoms with E-state index in [0.29, 0.717) is 0 Å². The molecule has 2 aliphatic rings. The molecule has 2 atom stereocenters. The largest absolute Gasteiger partial charge is 0.369 e. The normalized spacial score (nSPS) is 28.1. The molecular weight excluding hydrogens is 244 g/mol. The number of nitrogens with zero attached hydrogens (tertiary/aromatic N) is 2. The van der Waals surface area contributed by atoms with Crippen molar-refractivity contribution < 1.29 is 0 Å². The van der Waals surface area contributed by atoms with Crippen LogP contribution in [-0.2, 0) is 0 Å². The van der Waals surface area contributed by atoms with Crippen LogP contribution in [0.5, 0.6) is 0 Å². The molecule has 1 saturated heterocycles. The van der Waals surface area contributed by atoms with Crippen LogP contribution in [0.15, 0.2) is 18.2 Å². The molecule has 2 nitrogen and oxygen atoms in total. The van der Waals surface area contributed by atoms with Crippen molar-refractivity contribution in [2.75, 3.05) is 31.1 Å². The Morgan fingerprint density at radius 3 is 2.40 bits per heavy atom. The van der Waals surface area contributed by atoms with E-state index in [-0.39, 0.29) is 0 Å². The van der Waals surface area contributed by atoms with Gasteiger partial charge in [0.2, 0.25) is 0 Å². The van der Waals surface area contributed by atoms with Gasteiger partial charge in [0.1, 0.15) is 0 Å². The summed E-state index contributed by atoms with van der Waals surface area (Å²) in [4.78, 5) is 5.32. The molecule has 2 heteroatoms. The van der Waals surface area contributed by atoms with Crippen LogP contribution in [0.4, 0.5) is 5.69 Å². The highest BCUT2D eigenvalue weighted by molar-refractivity contribution is 5.55. The first kappa shape index (κ1) is 13.9. The maximum absolute atomic E-state index is 2.74. The molecule has 1 aliphatic heterocycles. The summed E-state index contributed by atoms with van der Waals surface area (Å²) in [6, 6.07) is 7.69. The van der Waals surface area contributed by atoms with Crippen molar-refractivity contribution in [3.8, 4) is 0 Å². The molecule has 2 fully saturated rings. The van der Waals surface area contributed by atoms with Crippen LogP contribution < -0.4 is 4.90 Å². The minimum Gasteiger partial charge on any atom is -0.369 e. The van der Waals surface area contributed by atoms with E-state index in [0.717, 1.165) is 12.0 Å². The fourth-order valence-corrected chi connectivity index (χ4v) is 3.90. The third-order valence-corrected chi connectivity index (χ3v) is 5.20. The highest BCUT2D eigenvalue weighted by atomic mass is 15.3. The lowest BCUT2D eigenvalue weighted by Crippen LogP contribution is -2.50. The highest BCUT2D eigenvalue weighted by Crippen LogP contribution is 2.30. The number of anilines is 1. The molecule has 0 radical (unpaired) electrons. The van der Waals surface area contributed by atoms with E-state index in [4.69, 9.17) is 0 Å². The molecule has 20 heavy (non-hydrogen) atoms. The van der Waals surface area contributed by atoms with Crippen molar-refractivity contribution >= 4 is 5.69 Å². The third kappa shape index (κ3) is 2.85. The lowest BCUT2D eigenvalue weighted by molar-refractivity contribution is 0.184. The Labute approximate surface area is 123 Å². The zero-order valence-corrected chi connectivity index (χ0v) is 13.2. The first-order valence-electron chi connectivity index (χ1n) is 8.20. The summed E-state index contributed by atoms with van der Waals surface area (Å²) < 4.78 is 0. The van der Waals surface area contributed by atoms with Crippen molar-refractivity contribution in [3.63, 3.8) is 0 Å². The van der Waals surface area contributed by atoms with Crippen LogP contribution in [0.25, 0.3) is 0 Å². The Morgan fingerprint density at radius 2 is 1.75 bits per heavy atom. The van der Waals surface area contributed by atoms with Gasteiger partial charge in [-0.25, -0.2) is 0 Å². The van der Waals surface area contributed by atoms with Gasteiger partial charge < -0.3 is 4.90 Å². The van der Waals surface area contributed by atoms with Crippen LogP contribution in [0, 0.1) is 19.8 Å². The summed E-state index contributed by atoms with van der Waals surface area (Å²) in [5.74, 6) is 0.942. The van der Waals surface area contributed by atoms with Gasteiger partial charge in [-0.1, -0.05) is 19.1 Å². The van der Waals surface area contributed by atoms with E-state index >= 15 is 0 Å². The van der Waals surface area contributed by atoms with E-state index < -0.39 is 0 Å². The zero-order valence-electron chi connectivity index (χ0n) is 13.2. The van der Waals surface area contributed by atoms with E-state index in [1.807, 2.05) is 0 Å². The van der Waals surface area contributed by atoms with E-state index in [9.17, 15) is 0 Å². The second-order valence-corrected chi connectivity index (χ2v) is 6.89. The topological polar surface area (TPSA) is 6.48 Å². The van der Waals surface area contributed by atoms with Crippen LogP contribution in [-0.4, -0.2) is 37.1 Å². The predicted molar refractivity (Wildman–Crippen MR) is 86.5 cm³/mol. The van der Waals surface area contributed by atoms with Crippen molar-refractivity contribution in [1.29, 1.82) is 0 Å². The highest BCUT2D eigenvalue weighted by Gasteiger charge is 2.29. The molecule has 1 aromatic carbocycles. The van der Waals surface area contributed by atoms with E-state index in [1.165, 1.54) is 62.3 Å². The summed E-state index contributed by atoms with van der Waals surface area (Å²) in [5.41, 5.74) is 4.24. The second kappa shape index (κ2) is 5.77. The molecule has 0 N–H and O–H groups in total. The predicted octanol–water partition coefficient (Wildman–Crippen LogP) is 3.61.